The van der Waals surface area contributed by atoms with Gasteiger partial charge in [-0.15, -0.1) is 5.10 Å². The number of Topliss-reactive ketones (excluding diaryl/α,β-unsaturated/α-hetero) is 1. The van der Waals surface area contributed by atoms with Crippen molar-refractivity contribution in [2.24, 2.45) is 0 Å². The number of halogens is 1. The Balaban J connectivity index is 1.57. The molecule has 10 nitrogen and oxygen atoms in total. The van der Waals surface area contributed by atoms with Gasteiger partial charge in [-0.3, -0.25) is 19.1 Å². The summed E-state index contributed by atoms with van der Waals surface area (Å²) in [7, 11) is 0. The van der Waals surface area contributed by atoms with Crippen molar-refractivity contribution >= 4 is 35.0 Å². The van der Waals surface area contributed by atoms with Crippen LogP contribution in [0.2, 0.25) is 5.02 Å². The van der Waals surface area contributed by atoms with Crippen LogP contribution in [-0.2, 0) is 0 Å². The summed E-state index contributed by atoms with van der Waals surface area (Å²) in [5.74, 6) is -0.729. The minimum absolute atomic E-state index is 0.0687. The second kappa shape index (κ2) is 7.24. The highest BCUT2D eigenvalue weighted by Gasteiger charge is 2.30. The maximum Gasteiger partial charge on any atom is 0.330 e. The Morgan fingerprint density at radius 2 is 2.00 bits per heavy atom. The number of nitrogens with one attached hydrogen (secondary N) is 1. The van der Waals surface area contributed by atoms with Crippen molar-refractivity contribution in [3.05, 3.63) is 55.7 Å². The van der Waals surface area contributed by atoms with Crippen LogP contribution in [0.5, 0.6) is 0 Å². The third-order valence-corrected chi connectivity index (χ3v) is 5.39. The Labute approximate surface area is 166 Å². The predicted octanol–water partition coefficient (Wildman–Crippen LogP) is 1.06. The average molecular weight is 420 g/mol. The minimum atomic E-state index is -0.790. The molecule has 0 bridgehead atoms. The number of rotatable bonds is 6. The molecule has 0 radical (unpaired) electrons. The summed E-state index contributed by atoms with van der Waals surface area (Å²) < 4.78 is 2.73. The molecule has 2 aromatic heterocycles. The van der Waals surface area contributed by atoms with Crippen LogP contribution in [0.3, 0.4) is 0 Å². The number of nitrogen functional groups attached to an aromatic ring is 1. The molecule has 1 fully saturated rings. The van der Waals surface area contributed by atoms with E-state index in [1.807, 2.05) is 0 Å². The molecule has 0 spiro atoms. The van der Waals surface area contributed by atoms with E-state index < -0.39 is 17.0 Å². The molecule has 1 aliphatic rings. The molecular weight excluding hydrogens is 406 g/mol. The molecular formula is C16H14ClN7O3S. The van der Waals surface area contributed by atoms with E-state index in [9.17, 15) is 14.4 Å². The largest absolute Gasteiger partial charge is 0.384 e. The summed E-state index contributed by atoms with van der Waals surface area (Å²) in [6, 6.07) is 6.79. The van der Waals surface area contributed by atoms with Gasteiger partial charge in [0, 0.05) is 11.1 Å². The third-order valence-electron chi connectivity index (χ3n) is 4.22. The molecule has 0 aliphatic heterocycles. The topological polar surface area (TPSA) is 142 Å². The van der Waals surface area contributed by atoms with Crippen molar-refractivity contribution < 1.29 is 4.79 Å². The molecule has 3 aromatic rings. The van der Waals surface area contributed by atoms with Gasteiger partial charge in [0.2, 0.25) is 5.16 Å². The maximum atomic E-state index is 12.6. The van der Waals surface area contributed by atoms with Crippen LogP contribution in [0, 0.1) is 0 Å². The fourth-order valence-corrected chi connectivity index (χ4v) is 3.64. The molecule has 1 aliphatic carbocycles. The van der Waals surface area contributed by atoms with Crippen LogP contribution >= 0.6 is 23.4 Å². The maximum absolute atomic E-state index is 12.6. The van der Waals surface area contributed by atoms with E-state index in [2.05, 4.69) is 20.5 Å². The zero-order valence-electron chi connectivity index (χ0n) is 14.3. The van der Waals surface area contributed by atoms with Gasteiger partial charge in [0.15, 0.2) is 5.78 Å². The Kier molecular flexibility index (Phi) is 4.77. The van der Waals surface area contributed by atoms with Crippen LogP contribution < -0.4 is 17.0 Å². The Morgan fingerprint density at radius 1 is 1.29 bits per heavy atom. The summed E-state index contributed by atoms with van der Waals surface area (Å²) in [6.07, 6.45) is 1.57. The first-order valence-corrected chi connectivity index (χ1v) is 9.66. The molecule has 1 saturated carbocycles. The first kappa shape index (κ1) is 18.4. The lowest BCUT2D eigenvalue weighted by atomic mass is 10.2. The van der Waals surface area contributed by atoms with E-state index >= 15 is 0 Å². The molecule has 0 unspecified atom stereocenters. The average Bonchev–Trinajstić information content (AvgIpc) is 3.36. The van der Waals surface area contributed by atoms with Crippen LogP contribution in [0.25, 0.3) is 5.69 Å². The first-order valence-electron chi connectivity index (χ1n) is 8.30. The van der Waals surface area contributed by atoms with Crippen LogP contribution in [0.4, 0.5) is 5.82 Å². The number of aromatic amines is 1. The Hall–Kier alpha value is -2.92. The fourth-order valence-electron chi connectivity index (χ4n) is 2.75. The van der Waals surface area contributed by atoms with Gasteiger partial charge in [-0.05, 0) is 47.5 Å². The quantitative estimate of drug-likeness (QED) is 0.446. The summed E-state index contributed by atoms with van der Waals surface area (Å²) in [5, 5.41) is 12.4. The Bertz CT molecular complexity index is 1160. The predicted molar refractivity (Wildman–Crippen MR) is 103 cm³/mol. The van der Waals surface area contributed by atoms with Crippen molar-refractivity contribution in [3.63, 3.8) is 0 Å². The molecule has 144 valence electrons. The minimum Gasteiger partial charge on any atom is -0.384 e. The first-order chi connectivity index (χ1) is 13.5. The van der Waals surface area contributed by atoms with Gasteiger partial charge >= 0.3 is 5.69 Å². The second-order valence-corrected chi connectivity index (χ2v) is 7.56. The number of hydrogen-bond donors (Lipinski definition) is 2. The normalized spacial score (nSPS) is 13.6. The molecule has 0 amide bonds. The highest BCUT2D eigenvalue weighted by atomic mass is 35.5. The smallest absolute Gasteiger partial charge is 0.330 e. The van der Waals surface area contributed by atoms with Crippen LogP contribution in [0.1, 0.15) is 29.2 Å². The number of anilines is 1. The van der Waals surface area contributed by atoms with E-state index in [1.54, 1.807) is 24.3 Å². The van der Waals surface area contributed by atoms with Crippen molar-refractivity contribution in [2.75, 3.05) is 11.5 Å². The second-order valence-electron chi connectivity index (χ2n) is 6.18. The molecule has 4 rings (SSSR count). The van der Waals surface area contributed by atoms with E-state index in [-0.39, 0.29) is 23.2 Å². The molecule has 3 N–H and O–H groups in total. The summed E-state index contributed by atoms with van der Waals surface area (Å²) >= 11 is 6.94. The number of hydrogen-bond acceptors (Lipinski definition) is 8. The molecule has 2 heterocycles. The van der Waals surface area contributed by atoms with Crippen LogP contribution in [-0.4, -0.2) is 41.3 Å². The lowest BCUT2D eigenvalue weighted by Crippen LogP contribution is -2.36. The number of thioether (sulfide) groups is 1. The summed E-state index contributed by atoms with van der Waals surface area (Å²) in [4.78, 5) is 38.9. The standard InChI is InChI=1S/C16H14ClN7O3S/c17-8-1-3-10(4-2-8)24-16(20-21-22-24)28-7-11(25)12-13(18)23(9-5-6-9)15(27)19-14(12)26/h1-4,9H,5-7,18H2,(H,19,26,27). The number of tetrazole rings is 1. The monoisotopic (exact) mass is 419 g/mol. The van der Waals surface area contributed by atoms with Crippen molar-refractivity contribution in [1.29, 1.82) is 0 Å². The number of benzene rings is 1. The van der Waals surface area contributed by atoms with Gasteiger partial charge in [0.05, 0.1) is 11.4 Å². The van der Waals surface area contributed by atoms with E-state index in [0.717, 1.165) is 24.6 Å². The number of aromatic nitrogens is 6. The molecule has 0 saturated heterocycles. The van der Waals surface area contributed by atoms with E-state index in [1.165, 1.54) is 9.25 Å². The number of nitrogens with two attached hydrogens (primary N) is 1. The number of ketones is 1. The van der Waals surface area contributed by atoms with Crippen molar-refractivity contribution in [1.82, 2.24) is 29.8 Å². The molecule has 1 aromatic carbocycles. The van der Waals surface area contributed by atoms with Gasteiger partial charge < -0.3 is 5.73 Å². The SMILES string of the molecule is Nc1c(C(=O)CSc2nnnn2-c2ccc(Cl)cc2)c(=O)[nH]c(=O)n1C1CC1. The lowest BCUT2D eigenvalue weighted by molar-refractivity contribution is 0.102. The van der Waals surface area contributed by atoms with Crippen molar-refractivity contribution in [2.45, 2.75) is 24.0 Å². The molecule has 28 heavy (non-hydrogen) atoms. The van der Waals surface area contributed by atoms with E-state index in [0.29, 0.717) is 15.9 Å². The highest BCUT2D eigenvalue weighted by Crippen LogP contribution is 2.35. The third kappa shape index (κ3) is 3.45. The number of carbonyl (C=O) groups excluding carboxylic acids is 1. The van der Waals surface area contributed by atoms with Gasteiger partial charge in [-0.1, -0.05) is 23.4 Å². The Morgan fingerprint density at radius 3 is 2.68 bits per heavy atom. The zero-order chi connectivity index (χ0) is 19.8. The summed E-state index contributed by atoms with van der Waals surface area (Å²) in [6.45, 7) is 0. The van der Waals surface area contributed by atoms with Crippen LogP contribution in [0.15, 0.2) is 39.0 Å². The number of H-pyrrole nitrogens is 1. The molecule has 12 heteroatoms. The lowest BCUT2D eigenvalue weighted by Gasteiger charge is -2.10. The summed E-state index contributed by atoms with van der Waals surface area (Å²) in [5.41, 5.74) is 5.03. The van der Waals surface area contributed by atoms with Gasteiger partial charge in [0.25, 0.3) is 5.56 Å². The molecule has 0 atom stereocenters. The van der Waals surface area contributed by atoms with Gasteiger partial charge in [-0.25, -0.2) is 4.79 Å². The fraction of sp³-hybridized carbons (Fsp3) is 0.250. The zero-order valence-corrected chi connectivity index (χ0v) is 15.9. The van der Waals surface area contributed by atoms with Crippen molar-refractivity contribution in [3.8, 4) is 5.69 Å². The number of carbonyl (C=O) groups is 1. The number of nitrogens with zero attached hydrogens (tertiary/aromatic N) is 5. The van der Waals surface area contributed by atoms with Gasteiger partial charge in [-0.2, -0.15) is 4.68 Å². The highest BCUT2D eigenvalue weighted by molar-refractivity contribution is 7.99. The van der Waals surface area contributed by atoms with Gasteiger partial charge in [0.1, 0.15) is 11.4 Å². The van der Waals surface area contributed by atoms with E-state index in [4.69, 9.17) is 17.3 Å².